The van der Waals surface area contributed by atoms with E-state index in [1.165, 1.54) is 6.07 Å². The van der Waals surface area contributed by atoms with Gasteiger partial charge in [0.05, 0.1) is 4.47 Å². The number of anilines is 1. The SMILES string of the molecule is Cc1cc(F)c(Br)cc1NC(=O)c1ccc(I)cc1. The summed E-state index contributed by atoms with van der Waals surface area (Å²) in [4.78, 5) is 12.1. The Labute approximate surface area is 132 Å². The quantitative estimate of drug-likeness (QED) is 0.680. The van der Waals surface area contributed by atoms with Crippen LogP contribution in [0.2, 0.25) is 0 Å². The summed E-state index contributed by atoms with van der Waals surface area (Å²) in [6.45, 7) is 1.75. The molecule has 0 saturated heterocycles. The first-order valence-corrected chi connectivity index (χ1v) is 7.37. The topological polar surface area (TPSA) is 29.1 Å². The number of nitrogens with one attached hydrogen (secondary N) is 1. The fourth-order valence-electron chi connectivity index (χ4n) is 1.58. The largest absolute Gasteiger partial charge is 0.322 e. The van der Waals surface area contributed by atoms with Crippen LogP contribution in [-0.4, -0.2) is 5.91 Å². The van der Waals surface area contributed by atoms with Gasteiger partial charge in [-0.2, -0.15) is 0 Å². The van der Waals surface area contributed by atoms with Gasteiger partial charge in [-0.3, -0.25) is 4.79 Å². The number of amides is 1. The summed E-state index contributed by atoms with van der Waals surface area (Å²) in [6.07, 6.45) is 0. The van der Waals surface area contributed by atoms with Gasteiger partial charge in [0.2, 0.25) is 0 Å². The lowest BCUT2D eigenvalue weighted by Crippen LogP contribution is -2.12. The van der Waals surface area contributed by atoms with Crippen molar-refractivity contribution in [3.63, 3.8) is 0 Å². The maximum atomic E-state index is 13.3. The van der Waals surface area contributed by atoms with Crippen LogP contribution in [0, 0.1) is 16.3 Å². The fourth-order valence-corrected chi connectivity index (χ4v) is 2.28. The molecule has 0 aliphatic carbocycles. The molecule has 1 N–H and O–H groups in total. The highest BCUT2D eigenvalue weighted by Gasteiger charge is 2.10. The average molecular weight is 434 g/mol. The molecule has 0 aliphatic heterocycles. The van der Waals surface area contributed by atoms with Crippen LogP contribution < -0.4 is 5.32 Å². The molecule has 0 bridgehead atoms. The molecule has 0 aromatic heterocycles. The minimum Gasteiger partial charge on any atom is -0.322 e. The van der Waals surface area contributed by atoms with Crippen molar-refractivity contribution in [2.24, 2.45) is 0 Å². The maximum absolute atomic E-state index is 13.3. The first-order chi connectivity index (χ1) is 8.97. The van der Waals surface area contributed by atoms with Crippen molar-refractivity contribution in [3.8, 4) is 0 Å². The monoisotopic (exact) mass is 433 g/mol. The van der Waals surface area contributed by atoms with Gasteiger partial charge in [0.25, 0.3) is 5.91 Å². The molecule has 0 fully saturated rings. The van der Waals surface area contributed by atoms with Gasteiger partial charge >= 0.3 is 0 Å². The fraction of sp³-hybridized carbons (Fsp3) is 0.0714. The number of carbonyl (C=O) groups is 1. The number of benzene rings is 2. The van der Waals surface area contributed by atoms with Crippen molar-refractivity contribution in [2.75, 3.05) is 5.32 Å². The Morgan fingerprint density at radius 3 is 2.53 bits per heavy atom. The summed E-state index contributed by atoms with van der Waals surface area (Å²) < 4.78 is 14.7. The van der Waals surface area contributed by atoms with Gasteiger partial charge in [-0.1, -0.05) is 0 Å². The van der Waals surface area contributed by atoms with Gasteiger partial charge in [0, 0.05) is 14.8 Å². The van der Waals surface area contributed by atoms with Crippen molar-refractivity contribution in [1.82, 2.24) is 0 Å². The van der Waals surface area contributed by atoms with Gasteiger partial charge < -0.3 is 5.32 Å². The molecule has 2 rings (SSSR count). The third-order valence-corrected chi connectivity index (χ3v) is 3.95. The van der Waals surface area contributed by atoms with Crippen molar-refractivity contribution >= 4 is 50.1 Å². The first kappa shape index (κ1) is 14.5. The summed E-state index contributed by atoms with van der Waals surface area (Å²) in [5, 5.41) is 2.78. The lowest BCUT2D eigenvalue weighted by Gasteiger charge is -2.09. The first-order valence-electron chi connectivity index (χ1n) is 5.50. The second-order valence-electron chi connectivity index (χ2n) is 4.04. The number of halogens is 3. The van der Waals surface area contributed by atoms with Gasteiger partial charge in [0.15, 0.2) is 0 Å². The molecule has 5 heteroatoms. The van der Waals surface area contributed by atoms with Crippen LogP contribution in [0.1, 0.15) is 15.9 Å². The summed E-state index contributed by atoms with van der Waals surface area (Å²) >= 11 is 5.29. The van der Waals surface area contributed by atoms with Crippen molar-refractivity contribution in [2.45, 2.75) is 6.92 Å². The van der Waals surface area contributed by atoms with E-state index in [4.69, 9.17) is 0 Å². The number of hydrogen-bond acceptors (Lipinski definition) is 1. The van der Waals surface area contributed by atoms with Crippen LogP contribution in [0.4, 0.5) is 10.1 Å². The summed E-state index contributed by atoms with van der Waals surface area (Å²) in [7, 11) is 0. The Morgan fingerprint density at radius 2 is 1.89 bits per heavy atom. The number of aryl methyl sites for hydroxylation is 1. The van der Waals surface area contributed by atoms with Crippen LogP contribution in [-0.2, 0) is 0 Å². The molecule has 19 heavy (non-hydrogen) atoms. The van der Waals surface area contributed by atoms with Crippen LogP contribution in [0.3, 0.4) is 0 Å². The molecule has 0 aliphatic rings. The molecule has 1 amide bonds. The number of hydrogen-bond donors (Lipinski definition) is 1. The van der Waals surface area contributed by atoms with E-state index in [2.05, 4.69) is 43.8 Å². The van der Waals surface area contributed by atoms with Crippen LogP contribution >= 0.6 is 38.5 Å². The van der Waals surface area contributed by atoms with Crippen molar-refractivity contribution in [1.29, 1.82) is 0 Å². The van der Waals surface area contributed by atoms with Gasteiger partial charge in [-0.25, -0.2) is 4.39 Å². The molecule has 0 unspecified atom stereocenters. The zero-order valence-corrected chi connectivity index (χ0v) is 13.7. The lowest BCUT2D eigenvalue weighted by molar-refractivity contribution is 0.102. The second kappa shape index (κ2) is 6.00. The molecule has 0 spiro atoms. The Morgan fingerprint density at radius 1 is 1.26 bits per heavy atom. The average Bonchev–Trinajstić information content (AvgIpc) is 2.36. The smallest absolute Gasteiger partial charge is 0.255 e. The Balaban J connectivity index is 2.24. The Kier molecular flexibility index (Phi) is 4.57. The number of carbonyl (C=O) groups excluding carboxylic acids is 1. The van der Waals surface area contributed by atoms with E-state index in [1.54, 1.807) is 25.1 Å². The number of rotatable bonds is 2. The summed E-state index contributed by atoms with van der Waals surface area (Å²) in [5.41, 5.74) is 1.84. The highest BCUT2D eigenvalue weighted by molar-refractivity contribution is 14.1. The minimum atomic E-state index is -0.343. The van der Waals surface area contributed by atoms with Crippen molar-refractivity contribution < 1.29 is 9.18 Å². The van der Waals surface area contributed by atoms with E-state index in [0.29, 0.717) is 21.3 Å². The van der Waals surface area contributed by atoms with E-state index < -0.39 is 0 Å². The molecule has 0 radical (unpaired) electrons. The normalized spacial score (nSPS) is 10.3. The molecule has 0 saturated carbocycles. The molecule has 98 valence electrons. The third-order valence-electron chi connectivity index (χ3n) is 2.62. The zero-order chi connectivity index (χ0) is 14.0. The molecule has 0 atom stereocenters. The highest BCUT2D eigenvalue weighted by Crippen LogP contribution is 2.24. The molecule has 0 heterocycles. The highest BCUT2D eigenvalue weighted by atomic mass is 127. The summed E-state index contributed by atoms with van der Waals surface area (Å²) in [5.74, 6) is -0.553. The Bertz CT molecular complexity index is 628. The minimum absolute atomic E-state index is 0.210. The zero-order valence-electron chi connectivity index (χ0n) is 10.0. The molecular formula is C14H10BrFINO. The molecule has 2 aromatic carbocycles. The van der Waals surface area contributed by atoms with Gasteiger partial charge in [-0.05, 0) is 87.4 Å². The van der Waals surface area contributed by atoms with Crippen LogP contribution in [0.15, 0.2) is 40.9 Å². The second-order valence-corrected chi connectivity index (χ2v) is 6.14. The lowest BCUT2D eigenvalue weighted by atomic mass is 10.1. The van der Waals surface area contributed by atoms with E-state index >= 15 is 0 Å². The molecular weight excluding hydrogens is 424 g/mol. The standard InChI is InChI=1S/C14H10BrFINO/c1-8-6-12(16)11(15)7-13(8)18-14(19)9-2-4-10(17)5-3-9/h2-7H,1H3,(H,18,19). The summed E-state index contributed by atoms with van der Waals surface area (Å²) in [6, 6.07) is 10.2. The predicted octanol–water partition coefficient (Wildman–Crippen LogP) is 4.75. The van der Waals surface area contributed by atoms with Crippen molar-refractivity contribution in [3.05, 3.63) is 61.4 Å². The van der Waals surface area contributed by atoms with E-state index in [0.717, 1.165) is 3.57 Å². The van der Waals surface area contributed by atoms with E-state index in [-0.39, 0.29) is 11.7 Å². The third kappa shape index (κ3) is 3.54. The molecule has 2 aromatic rings. The molecule has 2 nitrogen and oxygen atoms in total. The van der Waals surface area contributed by atoms with E-state index in [1.807, 2.05) is 12.1 Å². The van der Waals surface area contributed by atoms with Gasteiger partial charge in [0.1, 0.15) is 5.82 Å². The van der Waals surface area contributed by atoms with Crippen LogP contribution in [0.5, 0.6) is 0 Å². The van der Waals surface area contributed by atoms with Gasteiger partial charge in [-0.15, -0.1) is 0 Å². The van der Waals surface area contributed by atoms with Crippen LogP contribution in [0.25, 0.3) is 0 Å². The van der Waals surface area contributed by atoms with E-state index in [9.17, 15) is 9.18 Å². The predicted molar refractivity (Wildman–Crippen MR) is 85.9 cm³/mol. The maximum Gasteiger partial charge on any atom is 0.255 e. The Hall–Kier alpha value is -0.950.